The van der Waals surface area contributed by atoms with E-state index in [1.807, 2.05) is 0 Å². The highest BCUT2D eigenvalue weighted by Gasteiger charge is 2.44. The fourth-order valence-electron chi connectivity index (χ4n) is 2.44. The van der Waals surface area contributed by atoms with Gasteiger partial charge in [-0.25, -0.2) is 13.2 Å². The molecule has 3 nitrogen and oxygen atoms in total. The summed E-state index contributed by atoms with van der Waals surface area (Å²) in [6.45, 7) is 0.868. The number of hydrogen-bond acceptors (Lipinski definition) is 3. The van der Waals surface area contributed by atoms with E-state index in [9.17, 15) is 13.2 Å². The van der Waals surface area contributed by atoms with Gasteiger partial charge in [-0.1, -0.05) is 22.0 Å². The van der Waals surface area contributed by atoms with Crippen molar-refractivity contribution in [2.75, 3.05) is 32.8 Å². The van der Waals surface area contributed by atoms with Crippen molar-refractivity contribution in [3.63, 3.8) is 0 Å². The van der Waals surface area contributed by atoms with Crippen LogP contribution in [0.3, 0.4) is 0 Å². The molecule has 0 spiro atoms. The van der Waals surface area contributed by atoms with Crippen molar-refractivity contribution < 1.29 is 18.3 Å². The van der Waals surface area contributed by atoms with E-state index >= 15 is 0 Å². The first-order valence-electron chi connectivity index (χ1n) is 6.34. The van der Waals surface area contributed by atoms with Crippen LogP contribution in [-0.2, 0) is 0 Å². The molecule has 0 aliphatic carbocycles. The lowest BCUT2D eigenvalue weighted by Gasteiger charge is -2.39. The first kappa shape index (κ1) is 15.8. The Morgan fingerprint density at radius 2 is 2.00 bits per heavy atom. The second-order valence-electron chi connectivity index (χ2n) is 4.77. The summed E-state index contributed by atoms with van der Waals surface area (Å²) in [5.74, 6) is -3.79. The normalized spacial score (nSPS) is 19.1. The molecule has 112 valence electrons. The van der Waals surface area contributed by atoms with Gasteiger partial charge >= 0.3 is 0 Å². The maximum atomic E-state index is 14.1. The summed E-state index contributed by atoms with van der Waals surface area (Å²) in [5.41, 5.74) is 0.285. The third kappa shape index (κ3) is 3.33. The first-order valence-corrected chi connectivity index (χ1v) is 7.13. The number of alkyl halides is 2. The Morgan fingerprint density at radius 1 is 1.35 bits per heavy atom. The molecular formula is C13H16BrF3N2O. The molecule has 1 saturated heterocycles. The summed E-state index contributed by atoms with van der Waals surface area (Å²) < 4.78 is 41.7. The number of halogens is 4. The summed E-state index contributed by atoms with van der Waals surface area (Å²) in [6, 6.07) is 2.39. The average Bonchev–Trinajstić information content (AvgIpc) is 2.43. The first-order chi connectivity index (χ1) is 9.45. The van der Waals surface area contributed by atoms with Gasteiger partial charge in [0.1, 0.15) is 18.5 Å². The van der Waals surface area contributed by atoms with Gasteiger partial charge in [-0.05, 0) is 17.7 Å². The zero-order valence-electron chi connectivity index (χ0n) is 10.8. The van der Waals surface area contributed by atoms with Crippen LogP contribution in [-0.4, -0.2) is 48.7 Å². The van der Waals surface area contributed by atoms with E-state index in [4.69, 9.17) is 5.11 Å². The van der Waals surface area contributed by atoms with Gasteiger partial charge in [0.25, 0.3) is 5.92 Å². The van der Waals surface area contributed by atoms with E-state index in [0.717, 1.165) is 12.1 Å². The molecule has 1 aromatic carbocycles. The third-order valence-electron chi connectivity index (χ3n) is 3.38. The van der Waals surface area contributed by atoms with Gasteiger partial charge in [0.15, 0.2) is 0 Å². The molecule has 20 heavy (non-hydrogen) atoms. The van der Waals surface area contributed by atoms with Gasteiger partial charge in [-0.15, -0.1) is 0 Å². The lowest BCUT2D eigenvalue weighted by Crippen LogP contribution is -2.51. The smallest absolute Gasteiger partial charge is 0.289 e. The van der Waals surface area contributed by atoms with Crippen LogP contribution >= 0.6 is 15.9 Å². The van der Waals surface area contributed by atoms with E-state index in [1.165, 1.54) is 6.07 Å². The molecule has 1 aliphatic rings. The van der Waals surface area contributed by atoms with Gasteiger partial charge in [0.05, 0.1) is 0 Å². The van der Waals surface area contributed by atoms with Crippen molar-refractivity contribution in [1.29, 1.82) is 0 Å². The number of piperazine rings is 1. The SMILES string of the molecule is OCC(F)(F)[C@@H](c1ccc(F)cc1Br)N1CCNCC1. The Labute approximate surface area is 123 Å². The minimum absolute atomic E-state index is 0.285. The summed E-state index contributed by atoms with van der Waals surface area (Å²) in [7, 11) is 0. The lowest BCUT2D eigenvalue weighted by molar-refractivity contribution is -0.118. The van der Waals surface area contributed by atoms with Crippen molar-refractivity contribution in [2.45, 2.75) is 12.0 Å². The topological polar surface area (TPSA) is 35.5 Å². The molecule has 0 radical (unpaired) electrons. The van der Waals surface area contributed by atoms with Crippen molar-refractivity contribution >= 4 is 15.9 Å². The number of nitrogens with one attached hydrogen (secondary N) is 1. The number of rotatable bonds is 4. The molecular weight excluding hydrogens is 337 g/mol. The van der Waals surface area contributed by atoms with E-state index < -0.39 is 24.4 Å². The Morgan fingerprint density at radius 3 is 2.55 bits per heavy atom. The summed E-state index contributed by atoms with van der Waals surface area (Å²) in [5, 5.41) is 12.1. The highest BCUT2D eigenvalue weighted by molar-refractivity contribution is 9.10. The number of benzene rings is 1. The van der Waals surface area contributed by atoms with Gasteiger partial charge in [-0.2, -0.15) is 0 Å². The second kappa shape index (κ2) is 6.43. The standard InChI is InChI=1S/C13H16BrF3N2O/c14-11-7-9(15)1-2-10(11)12(13(16,17)8-20)19-5-3-18-4-6-19/h1-2,7,12,18,20H,3-6,8H2/t12-/m1/s1. The number of nitrogens with zero attached hydrogens (tertiary/aromatic N) is 1. The molecule has 1 atom stereocenters. The van der Waals surface area contributed by atoms with Gasteiger partial charge in [0.2, 0.25) is 0 Å². The Hall–Kier alpha value is -0.630. The van der Waals surface area contributed by atoms with Crippen LogP contribution in [0, 0.1) is 5.82 Å². The molecule has 0 unspecified atom stereocenters. The van der Waals surface area contributed by atoms with Crippen LogP contribution < -0.4 is 5.32 Å². The Bertz CT molecular complexity index is 467. The largest absolute Gasteiger partial charge is 0.390 e. The third-order valence-corrected chi connectivity index (χ3v) is 4.07. The highest BCUT2D eigenvalue weighted by atomic mass is 79.9. The van der Waals surface area contributed by atoms with Crippen molar-refractivity contribution in [3.05, 3.63) is 34.1 Å². The van der Waals surface area contributed by atoms with Crippen LogP contribution in [0.2, 0.25) is 0 Å². The number of hydrogen-bond donors (Lipinski definition) is 2. The van der Waals surface area contributed by atoms with Crippen LogP contribution in [0.4, 0.5) is 13.2 Å². The van der Waals surface area contributed by atoms with E-state index in [1.54, 1.807) is 4.90 Å². The fraction of sp³-hybridized carbons (Fsp3) is 0.538. The molecule has 2 N–H and O–H groups in total. The summed E-state index contributed by atoms with van der Waals surface area (Å²) >= 11 is 3.14. The van der Waals surface area contributed by atoms with Crippen LogP contribution in [0.5, 0.6) is 0 Å². The lowest BCUT2D eigenvalue weighted by atomic mass is 9.98. The zero-order valence-corrected chi connectivity index (χ0v) is 12.3. The zero-order chi connectivity index (χ0) is 14.8. The average molecular weight is 353 g/mol. The summed E-state index contributed by atoms with van der Waals surface area (Å²) in [4.78, 5) is 1.62. The maximum absolute atomic E-state index is 14.1. The Kier molecular flexibility index (Phi) is 5.06. The molecule has 0 bridgehead atoms. The maximum Gasteiger partial charge on any atom is 0.289 e. The number of aliphatic hydroxyl groups excluding tert-OH is 1. The van der Waals surface area contributed by atoms with E-state index in [-0.39, 0.29) is 10.0 Å². The molecule has 0 saturated carbocycles. The van der Waals surface area contributed by atoms with Gasteiger partial charge in [-0.3, -0.25) is 4.90 Å². The molecule has 2 rings (SSSR count). The minimum Gasteiger partial charge on any atom is -0.390 e. The van der Waals surface area contributed by atoms with Crippen LogP contribution in [0.1, 0.15) is 11.6 Å². The summed E-state index contributed by atoms with van der Waals surface area (Å²) in [6.07, 6.45) is 0. The molecule has 7 heteroatoms. The predicted molar refractivity (Wildman–Crippen MR) is 73.3 cm³/mol. The molecule has 0 aromatic heterocycles. The quantitative estimate of drug-likeness (QED) is 0.871. The Balaban J connectivity index is 2.39. The molecule has 1 fully saturated rings. The van der Waals surface area contributed by atoms with Crippen molar-refractivity contribution in [3.8, 4) is 0 Å². The second-order valence-corrected chi connectivity index (χ2v) is 5.63. The van der Waals surface area contributed by atoms with Crippen molar-refractivity contribution in [1.82, 2.24) is 10.2 Å². The van der Waals surface area contributed by atoms with E-state index in [0.29, 0.717) is 26.2 Å². The van der Waals surface area contributed by atoms with Crippen LogP contribution in [0.15, 0.2) is 22.7 Å². The van der Waals surface area contributed by atoms with Crippen molar-refractivity contribution in [2.24, 2.45) is 0 Å². The molecule has 1 aliphatic heterocycles. The monoisotopic (exact) mass is 352 g/mol. The molecule has 1 aromatic rings. The predicted octanol–water partition coefficient (Wildman–Crippen LogP) is 2.16. The van der Waals surface area contributed by atoms with E-state index in [2.05, 4.69) is 21.2 Å². The van der Waals surface area contributed by atoms with Gasteiger partial charge in [0, 0.05) is 30.7 Å². The van der Waals surface area contributed by atoms with Gasteiger partial charge < -0.3 is 10.4 Å². The van der Waals surface area contributed by atoms with Crippen LogP contribution in [0.25, 0.3) is 0 Å². The highest BCUT2D eigenvalue weighted by Crippen LogP contribution is 2.39. The molecule has 1 heterocycles. The minimum atomic E-state index is -3.29. The fourth-order valence-corrected chi connectivity index (χ4v) is 3.01. The number of aliphatic hydroxyl groups is 1. The molecule has 0 amide bonds.